The number of hydrogen-bond acceptors (Lipinski definition) is 4. The highest BCUT2D eigenvalue weighted by molar-refractivity contribution is 7.91. The molecule has 1 unspecified atom stereocenters. The van der Waals surface area contributed by atoms with Gasteiger partial charge in [0.25, 0.3) is 5.91 Å². The van der Waals surface area contributed by atoms with Crippen LogP contribution in [0, 0.1) is 6.92 Å². The van der Waals surface area contributed by atoms with Crippen LogP contribution in [0.4, 0.5) is 5.69 Å². The van der Waals surface area contributed by atoms with E-state index in [9.17, 15) is 13.2 Å². The summed E-state index contributed by atoms with van der Waals surface area (Å²) in [7, 11) is -2.98. The highest BCUT2D eigenvalue weighted by Gasteiger charge is 2.29. The predicted molar refractivity (Wildman–Crippen MR) is 70.1 cm³/mol. The molecule has 1 amide bonds. The van der Waals surface area contributed by atoms with Crippen molar-refractivity contribution in [2.45, 2.75) is 19.4 Å². The van der Waals surface area contributed by atoms with E-state index < -0.39 is 9.84 Å². The summed E-state index contributed by atoms with van der Waals surface area (Å²) < 4.78 is 22.6. The maximum Gasteiger partial charge on any atom is 0.251 e. The summed E-state index contributed by atoms with van der Waals surface area (Å²) in [6.45, 7) is 1.86. The van der Waals surface area contributed by atoms with Gasteiger partial charge in [-0.3, -0.25) is 4.79 Å². The quantitative estimate of drug-likeness (QED) is 0.764. The van der Waals surface area contributed by atoms with Crippen molar-refractivity contribution in [2.24, 2.45) is 0 Å². The van der Waals surface area contributed by atoms with E-state index in [1.165, 1.54) is 0 Å². The minimum absolute atomic E-state index is 0.0279. The van der Waals surface area contributed by atoms with Gasteiger partial charge < -0.3 is 11.1 Å². The molecule has 0 aromatic heterocycles. The van der Waals surface area contributed by atoms with Crippen LogP contribution in [0.25, 0.3) is 0 Å². The average Bonchev–Trinajstić information content (AvgIpc) is 2.62. The number of sulfone groups is 1. The summed E-state index contributed by atoms with van der Waals surface area (Å²) in [5.41, 5.74) is 7.66. The molecule has 1 heterocycles. The van der Waals surface area contributed by atoms with E-state index in [2.05, 4.69) is 5.32 Å². The first kappa shape index (κ1) is 12.9. The third kappa shape index (κ3) is 2.81. The number of aryl methyl sites for hydroxylation is 1. The molecule has 0 saturated carbocycles. The molecule has 1 saturated heterocycles. The Morgan fingerprint density at radius 3 is 2.72 bits per heavy atom. The van der Waals surface area contributed by atoms with Crippen LogP contribution in [-0.4, -0.2) is 31.9 Å². The molecule has 2 rings (SSSR count). The van der Waals surface area contributed by atoms with Crippen molar-refractivity contribution >= 4 is 21.4 Å². The third-order valence-electron chi connectivity index (χ3n) is 3.11. The van der Waals surface area contributed by atoms with Crippen molar-refractivity contribution in [1.82, 2.24) is 5.32 Å². The Bertz CT molecular complexity index is 581. The number of carbonyl (C=O) groups excluding carboxylic acids is 1. The molecular weight excluding hydrogens is 252 g/mol. The van der Waals surface area contributed by atoms with Crippen LogP contribution in [0.5, 0.6) is 0 Å². The van der Waals surface area contributed by atoms with E-state index in [1.807, 2.05) is 6.92 Å². The molecule has 1 aliphatic rings. The number of benzene rings is 1. The topological polar surface area (TPSA) is 89.3 Å². The first-order chi connectivity index (χ1) is 8.37. The highest BCUT2D eigenvalue weighted by atomic mass is 32.2. The maximum atomic E-state index is 11.9. The highest BCUT2D eigenvalue weighted by Crippen LogP contribution is 2.15. The van der Waals surface area contributed by atoms with Gasteiger partial charge in [-0.05, 0) is 31.0 Å². The Labute approximate surface area is 106 Å². The van der Waals surface area contributed by atoms with Gasteiger partial charge >= 0.3 is 0 Å². The number of anilines is 1. The molecular formula is C12H16N2O3S. The molecule has 18 heavy (non-hydrogen) atoms. The van der Waals surface area contributed by atoms with Gasteiger partial charge in [0.15, 0.2) is 9.84 Å². The van der Waals surface area contributed by atoms with Gasteiger partial charge in [-0.25, -0.2) is 8.42 Å². The van der Waals surface area contributed by atoms with Crippen LogP contribution >= 0.6 is 0 Å². The summed E-state index contributed by atoms with van der Waals surface area (Å²) in [6, 6.07) is 4.78. The molecule has 0 spiro atoms. The summed E-state index contributed by atoms with van der Waals surface area (Å²) in [5.74, 6) is -0.0996. The second kappa shape index (κ2) is 4.61. The van der Waals surface area contributed by atoms with Gasteiger partial charge in [-0.2, -0.15) is 0 Å². The van der Waals surface area contributed by atoms with E-state index >= 15 is 0 Å². The fourth-order valence-corrected chi connectivity index (χ4v) is 3.63. The maximum absolute atomic E-state index is 11.9. The van der Waals surface area contributed by atoms with Gasteiger partial charge in [-0.1, -0.05) is 6.07 Å². The van der Waals surface area contributed by atoms with Crippen LogP contribution in [0.1, 0.15) is 22.3 Å². The number of nitrogens with one attached hydrogen (secondary N) is 1. The van der Waals surface area contributed by atoms with Crippen LogP contribution in [0.3, 0.4) is 0 Å². The van der Waals surface area contributed by atoms with Crippen LogP contribution in [-0.2, 0) is 9.84 Å². The predicted octanol–water partition coefficient (Wildman–Crippen LogP) is 0.494. The monoisotopic (exact) mass is 268 g/mol. The zero-order valence-electron chi connectivity index (χ0n) is 10.1. The lowest BCUT2D eigenvalue weighted by Gasteiger charge is -2.11. The number of carbonyl (C=O) groups is 1. The molecule has 1 aliphatic heterocycles. The minimum Gasteiger partial charge on any atom is -0.398 e. The smallest absolute Gasteiger partial charge is 0.251 e. The van der Waals surface area contributed by atoms with Crippen molar-refractivity contribution < 1.29 is 13.2 Å². The molecule has 1 aromatic rings. The Hall–Kier alpha value is -1.56. The molecule has 0 bridgehead atoms. The second-order valence-corrected chi connectivity index (χ2v) is 6.87. The molecule has 98 valence electrons. The summed E-state index contributed by atoms with van der Waals surface area (Å²) in [4.78, 5) is 11.9. The van der Waals surface area contributed by atoms with Crippen LogP contribution in [0.2, 0.25) is 0 Å². The van der Waals surface area contributed by atoms with Gasteiger partial charge in [0, 0.05) is 17.3 Å². The molecule has 6 heteroatoms. The zero-order valence-corrected chi connectivity index (χ0v) is 11.0. The van der Waals surface area contributed by atoms with Gasteiger partial charge in [0.1, 0.15) is 0 Å². The largest absolute Gasteiger partial charge is 0.398 e. The Kier molecular flexibility index (Phi) is 3.30. The fraction of sp³-hybridized carbons (Fsp3) is 0.417. The van der Waals surface area contributed by atoms with E-state index in [0.29, 0.717) is 17.7 Å². The Morgan fingerprint density at radius 2 is 2.17 bits per heavy atom. The summed E-state index contributed by atoms with van der Waals surface area (Å²) >= 11 is 0. The van der Waals surface area contributed by atoms with Crippen molar-refractivity contribution in [3.63, 3.8) is 0 Å². The first-order valence-electron chi connectivity index (χ1n) is 5.75. The number of rotatable bonds is 2. The molecule has 0 aliphatic carbocycles. The lowest BCUT2D eigenvalue weighted by atomic mass is 10.1. The van der Waals surface area contributed by atoms with Crippen molar-refractivity contribution in [3.8, 4) is 0 Å². The van der Waals surface area contributed by atoms with E-state index in [0.717, 1.165) is 5.56 Å². The molecule has 1 fully saturated rings. The van der Waals surface area contributed by atoms with E-state index in [4.69, 9.17) is 5.73 Å². The number of amides is 1. The van der Waals surface area contributed by atoms with Crippen molar-refractivity contribution in [3.05, 3.63) is 29.3 Å². The number of nitrogens with two attached hydrogens (primary N) is 1. The Morgan fingerprint density at radius 1 is 1.44 bits per heavy atom. The van der Waals surface area contributed by atoms with Gasteiger partial charge in [0.2, 0.25) is 0 Å². The van der Waals surface area contributed by atoms with Crippen molar-refractivity contribution in [1.29, 1.82) is 0 Å². The zero-order chi connectivity index (χ0) is 13.3. The van der Waals surface area contributed by atoms with E-state index in [-0.39, 0.29) is 23.5 Å². The molecule has 1 atom stereocenters. The summed E-state index contributed by atoms with van der Waals surface area (Å²) in [6.07, 6.45) is 0.482. The molecule has 1 aromatic carbocycles. The van der Waals surface area contributed by atoms with Gasteiger partial charge in [0.05, 0.1) is 11.5 Å². The summed E-state index contributed by atoms with van der Waals surface area (Å²) in [5, 5.41) is 2.72. The third-order valence-corrected chi connectivity index (χ3v) is 4.88. The molecule has 5 nitrogen and oxygen atoms in total. The number of nitrogen functional groups attached to an aromatic ring is 1. The Balaban J connectivity index is 2.06. The van der Waals surface area contributed by atoms with Crippen LogP contribution < -0.4 is 11.1 Å². The lowest BCUT2D eigenvalue weighted by Crippen LogP contribution is -2.35. The molecule has 3 N–H and O–H groups in total. The van der Waals surface area contributed by atoms with E-state index in [1.54, 1.807) is 18.2 Å². The van der Waals surface area contributed by atoms with Crippen LogP contribution in [0.15, 0.2) is 18.2 Å². The fourth-order valence-electron chi connectivity index (χ4n) is 1.96. The standard InChI is InChI=1S/C12H16N2O3S/c1-8-2-3-9(6-11(8)13)12(15)14-10-4-5-18(16,17)7-10/h2-3,6,10H,4-5,7,13H2,1H3,(H,14,15). The first-order valence-corrected chi connectivity index (χ1v) is 7.57. The lowest BCUT2D eigenvalue weighted by molar-refractivity contribution is 0.0941. The molecule has 0 radical (unpaired) electrons. The van der Waals surface area contributed by atoms with Crippen molar-refractivity contribution in [2.75, 3.05) is 17.2 Å². The second-order valence-electron chi connectivity index (χ2n) is 4.64. The SMILES string of the molecule is Cc1ccc(C(=O)NC2CCS(=O)(=O)C2)cc1N. The average molecular weight is 268 g/mol. The normalized spacial score (nSPS) is 21.7. The minimum atomic E-state index is -2.98. The number of hydrogen-bond donors (Lipinski definition) is 2. The van der Waals surface area contributed by atoms with Gasteiger partial charge in [-0.15, -0.1) is 0 Å².